The van der Waals surface area contributed by atoms with Gasteiger partial charge in [0.1, 0.15) is 5.75 Å². The number of hydrogen-bond acceptors (Lipinski definition) is 5. The zero-order valence-corrected chi connectivity index (χ0v) is 17.9. The Bertz CT molecular complexity index is 1140. The van der Waals surface area contributed by atoms with Gasteiger partial charge in [-0.05, 0) is 42.0 Å². The van der Waals surface area contributed by atoms with Gasteiger partial charge in [-0.15, -0.1) is 0 Å². The summed E-state index contributed by atoms with van der Waals surface area (Å²) in [7, 11) is 1.65. The van der Waals surface area contributed by atoms with Crippen molar-refractivity contribution >= 4 is 28.0 Å². The summed E-state index contributed by atoms with van der Waals surface area (Å²) in [5.74, 6) is 2.06. The van der Waals surface area contributed by atoms with Crippen molar-refractivity contribution in [2.45, 2.75) is 0 Å². The minimum atomic E-state index is 0.617. The summed E-state index contributed by atoms with van der Waals surface area (Å²) in [4.78, 5) is 9.40. The van der Waals surface area contributed by atoms with Gasteiger partial charge in [-0.2, -0.15) is 5.10 Å². The largest absolute Gasteiger partial charge is 0.497 e. The highest BCUT2D eigenvalue weighted by atomic mass is 79.9. The van der Waals surface area contributed by atoms with Crippen LogP contribution in [0.1, 0.15) is 5.56 Å². The van der Waals surface area contributed by atoms with Gasteiger partial charge in [-0.25, -0.2) is 9.97 Å². The Hall–Kier alpha value is -3.51. The maximum Gasteiger partial charge on any atom is 0.162 e. The molecule has 6 heteroatoms. The van der Waals surface area contributed by atoms with E-state index in [0.717, 1.165) is 32.6 Å². The normalized spacial score (nSPS) is 10.9. The molecule has 0 unspecified atom stereocenters. The fraction of sp³-hybridized carbons (Fsp3) is 0.0417. The molecular formula is C24H19BrN4O. The Labute approximate surface area is 183 Å². The van der Waals surface area contributed by atoms with E-state index in [0.29, 0.717) is 11.6 Å². The number of hydrogen-bond donors (Lipinski definition) is 1. The third-order valence-corrected chi connectivity index (χ3v) is 4.94. The Morgan fingerprint density at radius 1 is 0.867 bits per heavy atom. The van der Waals surface area contributed by atoms with Crippen molar-refractivity contribution in [3.05, 3.63) is 95.0 Å². The molecule has 0 spiro atoms. The monoisotopic (exact) mass is 458 g/mol. The van der Waals surface area contributed by atoms with Gasteiger partial charge in [0.2, 0.25) is 0 Å². The third-order valence-electron chi connectivity index (χ3n) is 4.41. The van der Waals surface area contributed by atoms with Crippen LogP contribution in [-0.2, 0) is 0 Å². The predicted molar refractivity (Wildman–Crippen MR) is 125 cm³/mol. The van der Waals surface area contributed by atoms with Gasteiger partial charge in [-0.1, -0.05) is 58.4 Å². The minimum Gasteiger partial charge on any atom is -0.497 e. The highest BCUT2D eigenvalue weighted by molar-refractivity contribution is 9.10. The number of nitrogens with one attached hydrogen (secondary N) is 1. The fourth-order valence-corrected chi connectivity index (χ4v) is 3.12. The molecule has 1 aromatic heterocycles. The molecule has 1 N–H and O–H groups in total. The van der Waals surface area contributed by atoms with Gasteiger partial charge in [0.05, 0.1) is 19.0 Å². The summed E-state index contributed by atoms with van der Waals surface area (Å²) in [6, 6.07) is 27.5. The maximum absolute atomic E-state index is 5.18. The number of methoxy groups -OCH3 is 1. The van der Waals surface area contributed by atoms with E-state index in [1.165, 1.54) is 0 Å². The molecule has 0 amide bonds. The van der Waals surface area contributed by atoms with E-state index in [9.17, 15) is 0 Å². The summed E-state index contributed by atoms with van der Waals surface area (Å²) in [5, 5.41) is 4.34. The SMILES string of the molecule is COc1ccc(/C=N\Nc2cc(-c3ccccc3)nc(-c3ccc(Br)cc3)n2)cc1. The first-order valence-corrected chi connectivity index (χ1v) is 10.1. The average molecular weight is 459 g/mol. The Kier molecular flexibility index (Phi) is 6.15. The number of halogens is 1. The molecule has 0 radical (unpaired) electrons. The van der Waals surface area contributed by atoms with Crippen LogP contribution >= 0.6 is 15.9 Å². The van der Waals surface area contributed by atoms with Gasteiger partial charge in [0.25, 0.3) is 0 Å². The molecule has 148 valence electrons. The Morgan fingerprint density at radius 2 is 1.60 bits per heavy atom. The lowest BCUT2D eigenvalue weighted by Crippen LogP contribution is -1.99. The second kappa shape index (κ2) is 9.33. The topological polar surface area (TPSA) is 59.4 Å². The molecule has 30 heavy (non-hydrogen) atoms. The lowest BCUT2D eigenvalue weighted by molar-refractivity contribution is 0.415. The van der Waals surface area contributed by atoms with Crippen LogP contribution in [0.3, 0.4) is 0 Å². The lowest BCUT2D eigenvalue weighted by atomic mass is 10.1. The van der Waals surface area contributed by atoms with Crippen LogP contribution in [0.4, 0.5) is 5.82 Å². The summed E-state index contributed by atoms with van der Waals surface area (Å²) >= 11 is 3.47. The van der Waals surface area contributed by atoms with Crippen molar-refractivity contribution in [3.63, 3.8) is 0 Å². The quantitative estimate of drug-likeness (QED) is 0.283. The van der Waals surface area contributed by atoms with Crippen LogP contribution in [0.25, 0.3) is 22.6 Å². The molecule has 1 heterocycles. The molecule has 0 fully saturated rings. The van der Waals surface area contributed by atoms with Crippen molar-refractivity contribution in [1.29, 1.82) is 0 Å². The summed E-state index contributed by atoms with van der Waals surface area (Å²) in [6.07, 6.45) is 1.74. The summed E-state index contributed by atoms with van der Waals surface area (Å²) in [5.41, 5.74) is 6.75. The van der Waals surface area contributed by atoms with Crippen LogP contribution in [0, 0.1) is 0 Å². The molecule has 0 aliphatic carbocycles. The van der Waals surface area contributed by atoms with E-state index in [1.54, 1.807) is 13.3 Å². The first kappa shape index (κ1) is 19.8. The Balaban J connectivity index is 1.64. The number of nitrogens with zero attached hydrogens (tertiary/aromatic N) is 3. The number of ether oxygens (including phenoxy) is 1. The second-order valence-electron chi connectivity index (χ2n) is 6.48. The lowest BCUT2D eigenvalue weighted by Gasteiger charge is -2.08. The molecule has 3 aromatic carbocycles. The highest BCUT2D eigenvalue weighted by Crippen LogP contribution is 2.25. The van der Waals surface area contributed by atoms with Gasteiger partial charge < -0.3 is 4.74 Å². The molecule has 0 atom stereocenters. The smallest absolute Gasteiger partial charge is 0.162 e. The van der Waals surface area contributed by atoms with E-state index >= 15 is 0 Å². The first-order chi connectivity index (χ1) is 14.7. The van der Waals surface area contributed by atoms with E-state index in [1.807, 2.05) is 84.9 Å². The molecule has 0 saturated heterocycles. The minimum absolute atomic E-state index is 0.617. The standard InChI is InChI=1S/C24H19BrN4O/c1-30-21-13-7-17(8-14-21)16-26-29-23-15-22(18-5-3-2-4-6-18)27-24(28-23)19-9-11-20(25)12-10-19/h2-16H,1H3,(H,27,28,29)/b26-16-. The zero-order valence-electron chi connectivity index (χ0n) is 16.3. The number of benzene rings is 3. The predicted octanol–water partition coefficient (Wildman–Crippen LogP) is 6.03. The van der Waals surface area contributed by atoms with Crippen molar-refractivity contribution < 1.29 is 4.74 Å². The number of rotatable bonds is 6. The zero-order chi connectivity index (χ0) is 20.8. The van der Waals surface area contributed by atoms with E-state index < -0.39 is 0 Å². The van der Waals surface area contributed by atoms with Crippen molar-refractivity contribution in [2.75, 3.05) is 12.5 Å². The molecule has 0 aliphatic heterocycles. The van der Waals surface area contributed by atoms with Crippen LogP contribution < -0.4 is 10.2 Å². The van der Waals surface area contributed by atoms with Crippen molar-refractivity contribution in [1.82, 2.24) is 9.97 Å². The maximum atomic E-state index is 5.18. The van der Waals surface area contributed by atoms with Crippen LogP contribution in [0.15, 0.2) is 94.5 Å². The van der Waals surface area contributed by atoms with Crippen LogP contribution in [-0.4, -0.2) is 23.3 Å². The van der Waals surface area contributed by atoms with E-state index in [-0.39, 0.29) is 0 Å². The summed E-state index contributed by atoms with van der Waals surface area (Å²) < 4.78 is 6.19. The first-order valence-electron chi connectivity index (χ1n) is 9.35. The summed E-state index contributed by atoms with van der Waals surface area (Å²) in [6.45, 7) is 0. The van der Waals surface area contributed by atoms with Gasteiger partial charge in [0, 0.05) is 21.7 Å². The van der Waals surface area contributed by atoms with Crippen LogP contribution in [0.2, 0.25) is 0 Å². The number of anilines is 1. The van der Waals surface area contributed by atoms with E-state index in [2.05, 4.69) is 31.4 Å². The molecule has 4 aromatic rings. The molecular weight excluding hydrogens is 440 g/mol. The molecule has 0 aliphatic rings. The fourth-order valence-electron chi connectivity index (χ4n) is 2.85. The number of aromatic nitrogens is 2. The molecule has 5 nitrogen and oxygen atoms in total. The molecule has 0 saturated carbocycles. The molecule has 4 rings (SSSR count). The van der Waals surface area contributed by atoms with Crippen molar-refractivity contribution in [3.8, 4) is 28.4 Å². The van der Waals surface area contributed by atoms with Gasteiger partial charge in [-0.3, -0.25) is 5.43 Å². The Morgan fingerprint density at radius 3 is 2.30 bits per heavy atom. The molecule has 0 bridgehead atoms. The van der Waals surface area contributed by atoms with Crippen LogP contribution in [0.5, 0.6) is 5.75 Å². The van der Waals surface area contributed by atoms with E-state index in [4.69, 9.17) is 9.72 Å². The van der Waals surface area contributed by atoms with Gasteiger partial charge >= 0.3 is 0 Å². The highest BCUT2D eigenvalue weighted by Gasteiger charge is 2.08. The number of hydrazone groups is 1. The van der Waals surface area contributed by atoms with Gasteiger partial charge in [0.15, 0.2) is 11.6 Å². The third kappa shape index (κ3) is 4.90. The second-order valence-corrected chi connectivity index (χ2v) is 7.39. The van der Waals surface area contributed by atoms with Crippen molar-refractivity contribution in [2.24, 2.45) is 5.10 Å². The average Bonchev–Trinajstić information content (AvgIpc) is 2.80.